The molecular formula is C15H21NO2S. The Hall–Kier alpha value is -0.550. The fourth-order valence-electron chi connectivity index (χ4n) is 2.82. The van der Waals surface area contributed by atoms with Crippen molar-refractivity contribution in [1.82, 2.24) is 0 Å². The lowest BCUT2D eigenvalue weighted by Crippen LogP contribution is -2.42. The molecule has 0 radical (unpaired) electrons. The summed E-state index contributed by atoms with van der Waals surface area (Å²) < 4.78 is 11.7. The summed E-state index contributed by atoms with van der Waals surface area (Å²) in [6.45, 7) is 1.62. The topological polar surface area (TPSA) is 44.5 Å². The minimum atomic E-state index is 0.0592. The first-order chi connectivity index (χ1) is 9.34. The van der Waals surface area contributed by atoms with Gasteiger partial charge in [0.15, 0.2) is 0 Å². The Labute approximate surface area is 118 Å². The number of fused-ring (bicyclic) bond motifs is 1. The maximum Gasteiger partial charge on any atom is 0.0843 e. The van der Waals surface area contributed by atoms with Gasteiger partial charge in [-0.15, -0.1) is 0 Å². The van der Waals surface area contributed by atoms with Crippen LogP contribution in [-0.4, -0.2) is 36.9 Å². The van der Waals surface area contributed by atoms with Gasteiger partial charge in [-0.1, -0.05) is 24.3 Å². The van der Waals surface area contributed by atoms with Gasteiger partial charge in [-0.05, 0) is 24.0 Å². The van der Waals surface area contributed by atoms with Gasteiger partial charge in [0, 0.05) is 17.5 Å². The van der Waals surface area contributed by atoms with Crippen LogP contribution in [0.5, 0.6) is 0 Å². The molecule has 104 valence electrons. The number of hydrogen-bond donors (Lipinski definition) is 1. The third-order valence-corrected chi connectivity index (χ3v) is 4.92. The highest BCUT2D eigenvalue weighted by Crippen LogP contribution is 2.31. The number of nitrogens with two attached hydrogens (primary N) is 1. The number of thioether (sulfide) groups is 1. The second-order valence-corrected chi connectivity index (χ2v) is 6.34. The predicted octanol–water partition coefficient (Wildman–Crippen LogP) is 2.15. The van der Waals surface area contributed by atoms with E-state index < -0.39 is 0 Å². The van der Waals surface area contributed by atoms with Crippen LogP contribution in [0.2, 0.25) is 0 Å². The molecule has 1 aromatic carbocycles. The van der Waals surface area contributed by atoms with E-state index in [1.807, 2.05) is 11.8 Å². The Kier molecular flexibility index (Phi) is 4.43. The highest BCUT2D eigenvalue weighted by atomic mass is 32.2. The number of ether oxygens (including phenoxy) is 2. The lowest BCUT2D eigenvalue weighted by Gasteiger charge is -2.32. The Morgan fingerprint density at radius 1 is 1.26 bits per heavy atom. The molecule has 1 saturated heterocycles. The van der Waals surface area contributed by atoms with Crippen LogP contribution in [0.3, 0.4) is 0 Å². The van der Waals surface area contributed by atoms with Gasteiger partial charge in [0.25, 0.3) is 0 Å². The van der Waals surface area contributed by atoms with E-state index in [2.05, 4.69) is 24.3 Å². The standard InChI is InChI=1S/C15H21NO2S/c16-13(15-10-19-8-7-18-15)9-14-12-4-2-1-3-11(12)5-6-17-14/h1-4,13-15H,5-10,16H2. The zero-order valence-corrected chi connectivity index (χ0v) is 11.9. The molecule has 0 spiro atoms. The van der Waals surface area contributed by atoms with Crippen LogP contribution in [-0.2, 0) is 15.9 Å². The lowest BCUT2D eigenvalue weighted by atomic mass is 9.92. The summed E-state index contributed by atoms with van der Waals surface area (Å²) in [4.78, 5) is 0. The normalized spacial score (nSPS) is 28.7. The highest BCUT2D eigenvalue weighted by molar-refractivity contribution is 7.99. The zero-order valence-electron chi connectivity index (χ0n) is 11.1. The van der Waals surface area contributed by atoms with E-state index in [4.69, 9.17) is 15.2 Å². The molecule has 1 aromatic rings. The summed E-state index contributed by atoms with van der Waals surface area (Å²) >= 11 is 1.93. The molecule has 0 aliphatic carbocycles. The van der Waals surface area contributed by atoms with Crippen LogP contribution in [0.1, 0.15) is 23.7 Å². The summed E-state index contributed by atoms with van der Waals surface area (Å²) in [6, 6.07) is 8.61. The second kappa shape index (κ2) is 6.27. The van der Waals surface area contributed by atoms with E-state index in [1.54, 1.807) is 0 Å². The maximum atomic E-state index is 6.32. The molecule has 2 N–H and O–H groups in total. The van der Waals surface area contributed by atoms with Crippen molar-refractivity contribution in [2.75, 3.05) is 24.7 Å². The van der Waals surface area contributed by atoms with Crippen molar-refractivity contribution in [3.05, 3.63) is 35.4 Å². The average Bonchev–Trinajstić information content (AvgIpc) is 2.48. The van der Waals surface area contributed by atoms with Crippen molar-refractivity contribution < 1.29 is 9.47 Å². The minimum Gasteiger partial charge on any atom is -0.375 e. The molecule has 4 heteroatoms. The Balaban J connectivity index is 1.66. The van der Waals surface area contributed by atoms with E-state index in [9.17, 15) is 0 Å². The number of rotatable bonds is 3. The summed E-state index contributed by atoms with van der Waals surface area (Å²) in [5.41, 5.74) is 9.04. The van der Waals surface area contributed by atoms with Crippen LogP contribution in [0.15, 0.2) is 24.3 Å². The van der Waals surface area contributed by atoms with Crippen LogP contribution >= 0.6 is 11.8 Å². The van der Waals surface area contributed by atoms with E-state index in [0.717, 1.165) is 37.6 Å². The maximum absolute atomic E-state index is 6.32. The van der Waals surface area contributed by atoms with Crippen LogP contribution in [0.25, 0.3) is 0 Å². The summed E-state index contributed by atoms with van der Waals surface area (Å²) in [5.74, 6) is 2.10. The number of hydrogen-bond acceptors (Lipinski definition) is 4. The van der Waals surface area contributed by atoms with Crippen molar-refractivity contribution >= 4 is 11.8 Å². The molecule has 3 rings (SSSR count). The van der Waals surface area contributed by atoms with E-state index in [-0.39, 0.29) is 18.2 Å². The van der Waals surface area contributed by atoms with Crippen molar-refractivity contribution in [1.29, 1.82) is 0 Å². The third-order valence-electron chi connectivity index (χ3n) is 3.90. The monoisotopic (exact) mass is 279 g/mol. The summed E-state index contributed by atoms with van der Waals surface area (Å²) in [7, 11) is 0. The van der Waals surface area contributed by atoms with Gasteiger partial charge in [-0.2, -0.15) is 11.8 Å². The van der Waals surface area contributed by atoms with Crippen molar-refractivity contribution in [3.8, 4) is 0 Å². The van der Waals surface area contributed by atoms with Gasteiger partial charge in [0.2, 0.25) is 0 Å². The molecule has 0 bridgehead atoms. The molecule has 3 nitrogen and oxygen atoms in total. The van der Waals surface area contributed by atoms with Gasteiger partial charge in [-0.25, -0.2) is 0 Å². The molecule has 2 aliphatic rings. The Morgan fingerprint density at radius 3 is 3.00 bits per heavy atom. The first-order valence-corrected chi connectivity index (χ1v) is 8.14. The molecular weight excluding hydrogens is 258 g/mol. The SMILES string of the molecule is NC(CC1OCCc2ccccc21)C1CSCCO1. The molecule has 1 fully saturated rings. The van der Waals surface area contributed by atoms with Crippen LogP contribution in [0, 0.1) is 0 Å². The summed E-state index contributed by atoms with van der Waals surface area (Å²) in [5, 5.41) is 0. The highest BCUT2D eigenvalue weighted by Gasteiger charge is 2.28. The average molecular weight is 279 g/mol. The molecule has 19 heavy (non-hydrogen) atoms. The molecule has 0 amide bonds. The van der Waals surface area contributed by atoms with Crippen molar-refractivity contribution in [2.24, 2.45) is 5.73 Å². The molecule has 0 saturated carbocycles. The molecule has 3 atom stereocenters. The van der Waals surface area contributed by atoms with Crippen molar-refractivity contribution in [3.63, 3.8) is 0 Å². The van der Waals surface area contributed by atoms with E-state index in [0.29, 0.717) is 0 Å². The van der Waals surface area contributed by atoms with Gasteiger partial charge in [0.1, 0.15) is 0 Å². The zero-order chi connectivity index (χ0) is 13.1. The number of benzene rings is 1. The fraction of sp³-hybridized carbons (Fsp3) is 0.600. The fourth-order valence-corrected chi connectivity index (χ4v) is 3.78. The molecule has 2 heterocycles. The summed E-state index contributed by atoms with van der Waals surface area (Å²) in [6.07, 6.45) is 2.17. The van der Waals surface area contributed by atoms with Gasteiger partial charge in [0.05, 0.1) is 25.4 Å². The van der Waals surface area contributed by atoms with E-state index in [1.165, 1.54) is 11.1 Å². The van der Waals surface area contributed by atoms with Gasteiger partial charge in [-0.3, -0.25) is 0 Å². The third kappa shape index (κ3) is 3.14. The predicted molar refractivity (Wildman–Crippen MR) is 78.5 cm³/mol. The van der Waals surface area contributed by atoms with Crippen LogP contribution < -0.4 is 5.73 Å². The van der Waals surface area contributed by atoms with Gasteiger partial charge >= 0.3 is 0 Å². The van der Waals surface area contributed by atoms with Crippen LogP contribution in [0.4, 0.5) is 0 Å². The smallest absolute Gasteiger partial charge is 0.0843 e. The van der Waals surface area contributed by atoms with E-state index >= 15 is 0 Å². The molecule has 0 aromatic heterocycles. The first-order valence-electron chi connectivity index (χ1n) is 6.99. The molecule has 2 aliphatic heterocycles. The Bertz CT molecular complexity index is 420. The largest absolute Gasteiger partial charge is 0.375 e. The second-order valence-electron chi connectivity index (χ2n) is 5.19. The Morgan fingerprint density at radius 2 is 2.16 bits per heavy atom. The molecule has 3 unspecified atom stereocenters. The van der Waals surface area contributed by atoms with Gasteiger partial charge < -0.3 is 15.2 Å². The lowest BCUT2D eigenvalue weighted by molar-refractivity contribution is 0.00394. The minimum absolute atomic E-state index is 0.0592. The quantitative estimate of drug-likeness (QED) is 0.921. The van der Waals surface area contributed by atoms with Crippen molar-refractivity contribution in [2.45, 2.75) is 31.1 Å². The first kappa shape index (κ1) is 13.4.